The van der Waals surface area contributed by atoms with E-state index in [4.69, 9.17) is 0 Å². The fraction of sp³-hybridized carbons (Fsp3) is 0.478. The summed E-state index contributed by atoms with van der Waals surface area (Å²) in [6.07, 6.45) is 1.62. The topological polar surface area (TPSA) is 59.4 Å². The Morgan fingerprint density at radius 1 is 1.17 bits per heavy atom. The van der Waals surface area contributed by atoms with E-state index in [-0.39, 0.29) is 11.8 Å². The molecule has 1 saturated heterocycles. The second kappa shape index (κ2) is 9.91. The minimum atomic E-state index is -0.00562. The van der Waals surface area contributed by atoms with Crippen molar-refractivity contribution in [2.75, 3.05) is 36.4 Å². The van der Waals surface area contributed by atoms with Gasteiger partial charge in [0.25, 0.3) is 0 Å². The van der Waals surface area contributed by atoms with E-state index in [1.807, 2.05) is 26.8 Å². The first kappa shape index (κ1) is 21.4. The van der Waals surface area contributed by atoms with Gasteiger partial charge in [0.2, 0.25) is 5.91 Å². The van der Waals surface area contributed by atoms with E-state index in [1.165, 1.54) is 5.56 Å². The molecular formula is C23H30N4OS. The molecule has 1 fully saturated rings. The average Bonchev–Trinajstić information content (AvgIpc) is 3.05. The molecule has 6 heteroatoms. The van der Waals surface area contributed by atoms with Crippen LogP contribution in [0, 0.1) is 24.2 Å². The number of carbonyl (C=O) groups excluding carboxylic acids is 1. The molecule has 1 amide bonds. The zero-order chi connectivity index (χ0) is 20.8. The van der Waals surface area contributed by atoms with Crippen molar-refractivity contribution < 1.29 is 4.79 Å². The van der Waals surface area contributed by atoms with Crippen molar-refractivity contribution in [3.63, 3.8) is 0 Å². The van der Waals surface area contributed by atoms with Gasteiger partial charge in [-0.05, 0) is 25.3 Å². The van der Waals surface area contributed by atoms with Crippen molar-refractivity contribution in [3.8, 4) is 6.07 Å². The number of rotatable bonds is 7. The highest BCUT2D eigenvalue weighted by Gasteiger charge is 2.25. The fourth-order valence-electron chi connectivity index (χ4n) is 3.85. The highest BCUT2D eigenvalue weighted by molar-refractivity contribution is 7.20. The Labute approximate surface area is 177 Å². The van der Waals surface area contributed by atoms with Crippen LogP contribution in [0.3, 0.4) is 0 Å². The molecule has 154 valence electrons. The van der Waals surface area contributed by atoms with Gasteiger partial charge in [0.05, 0.1) is 10.6 Å². The molecule has 0 atom stereocenters. The van der Waals surface area contributed by atoms with Crippen molar-refractivity contribution in [3.05, 3.63) is 47.0 Å². The number of nitrogens with one attached hydrogen (secondary N) is 1. The number of nitrogens with zero attached hydrogens (tertiary/aromatic N) is 3. The Morgan fingerprint density at radius 2 is 1.83 bits per heavy atom. The maximum Gasteiger partial charge on any atom is 0.228 e. The molecule has 2 heterocycles. The number of hydrogen-bond donors (Lipinski definition) is 1. The predicted octanol–water partition coefficient (Wildman–Crippen LogP) is 4.63. The van der Waals surface area contributed by atoms with Crippen LogP contribution in [-0.2, 0) is 11.3 Å². The van der Waals surface area contributed by atoms with Gasteiger partial charge < -0.3 is 10.2 Å². The van der Waals surface area contributed by atoms with E-state index >= 15 is 0 Å². The van der Waals surface area contributed by atoms with Gasteiger partial charge in [-0.15, -0.1) is 0 Å². The van der Waals surface area contributed by atoms with Gasteiger partial charge in [-0.3, -0.25) is 9.69 Å². The molecule has 1 N–H and O–H groups in total. The number of carbonyl (C=O) groups is 1. The van der Waals surface area contributed by atoms with Gasteiger partial charge in [0, 0.05) is 44.2 Å². The van der Waals surface area contributed by atoms with Crippen LogP contribution in [0.5, 0.6) is 0 Å². The van der Waals surface area contributed by atoms with Crippen LogP contribution in [0.15, 0.2) is 30.3 Å². The normalized spacial score (nSPS) is 14.8. The molecule has 1 aliphatic heterocycles. The van der Waals surface area contributed by atoms with Crippen molar-refractivity contribution >= 4 is 27.2 Å². The van der Waals surface area contributed by atoms with Gasteiger partial charge in [0.15, 0.2) is 0 Å². The molecule has 0 aliphatic carbocycles. The standard InChI is InChI=1S/C23H30N4OS/c1-4-19(5-2)21(28)25-22-20(15-24)17(3)23(29-22)27-13-11-26(12-14-27)16-18-9-7-6-8-10-18/h6-10,19H,4-5,11-14,16H2,1-3H3,(H,25,28). The van der Waals surface area contributed by atoms with Crippen molar-refractivity contribution in [2.24, 2.45) is 5.92 Å². The summed E-state index contributed by atoms with van der Waals surface area (Å²) in [6.45, 7) is 10.9. The van der Waals surface area contributed by atoms with Crippen LogP contribution in [0.2, 0.25) is 0 Å². The molecule has 0 spiro atoms. The monoisotopic (exact) mass is 410 g/mol. The lowest BCUT2D eigenvalue weighted by Gasteiger charge is -2.35. The minimum absolute atomic E-state index is 0.00562. The third-order valence-corrected chi connectivity index (χ3v) is 7.00. The summed E-state index contributed by atoms with van der Waals surface area (Å²) in [4.78, 5) is 17.3. The van der Waals surface area contributed by atoms with Crippen LogP contribution in [0.1, 0.15) is 43.4 Å². The zero-order valence-electron chi connectivity index (χ0n) is 17.6. The first-order valence-corrected chi connectivity index (χ1v) is 11.2. The molecule has 0 bridgehead atoms. The van der Waals surface area contributed by atoms with E-state index in [1.54, 1.807) is 11.3 Å². The molecule has 0 radical (unpaired) electrons. The van der Waals surface area contributed by atoms with E-state index in [9.17, 15) is 10.1 Å². The Balaban J connectivity index is 1.68. The van der Waals surface area contributed by atoms with Crippen molar-refractivity contribution in [1.29, 1.82) is 5.26 Å². The molecular weight excluding hydrogens is 380 g/mol. The summed E-state index contributed by atoms with van der Waals surface area (Å²) < 4.78 is 0. The summed E-state index contributed by atoms with van der Waals surface area (Å²) in [7, 11) is 0. The van der Waals surface area contributed by atoms with E-state index in [0.29, 0.717) is 10.6 Å². The molecule has 1 aliphatic rings. The lowest BCUT2D eigenvalue weighted by molar-refractivity contribution is -0.120. The highest BCUT2D eigenvalue weighted by Crippen LogP contribution is 2.40. The van der Waals surface area contributed by atoms with Gasteiger partial charge in [0.1, 0.15) is 11.1 Å². The first-order chi connectivity index (χ1) is 14.1. The third kappa shape index (κ3) is 4.98. The summed E-state index contributed by atoms with van der Waals surface area (Å²) >= 11 is 1.54. The van der Waals surface area contributed by atoms with Gasteiger partial charge in [-0.2, -0.15) is 5.26 Å². The summed E-state index contributed by atoms with van der Waals surface area (Å²) in [5.41, 5.74) is 2.93. The fourth-order valence-corrected chi connectivity index (χ4v) is 5.06. The number of piperazine rings is 1. The van der Waals surface area contributed by atoms with Crippen LogP contribution in [-0.4, -0.2) is 37.0 Å². The summed E-state index contributed by atoms with van der Waals surface area (Å²) in [6, 6.07) is 12.9. The van der Waals surface area contributed by atoms with Crippen LogP contribution >= 0.6 is 11.3 Å². The maximum absolute atomic E-state index is 12.5. The minimum Gasteiger partial charge on any atom is -0.361 e. The third-order valence-electron chi connectivity index (χ3n) is 5.74. The zero-order valence-corrected chi connectivity index (χ0v) is 18.4. The Hall–Kier alpha value is -2.36. The van der Waals surface area contributed by atoms with E-state index in [0.717, 1.165) is 56.1 Å². The number of anilines is 2. The molecule has 29 heavy (non-hydrogen) atoms. The number of benzene rings is 1. The van der Waals surface area contributed by atoms with Crippen LogP contribution in [0.25, 0.3) is 0 Å². The van der Waals surface area contributed by atoms with E-state index in [2.05, 4.69) is 45.5 Å². The lowest BCUT2D eigenvalue weighted by Crippen LogP contribution is -2.45. The average molecular weight is 411 g/mol. The number of nitriles is 1. The first-order valence-electron chi connectivity index (χ1n) is 10.4. The summed E-state index contributed by atoms with van der Waals surface area (Å²) in [5.74, 6) is 0.0147. The molecule has 0 unspecified atom stereocenters. The van der Waals surface area contributed by atoms with Crippen LogP contribution in [0.4, 0.5) is 10.0 Å². The second-order valence-corrected chi connectivity index (χ2v) is 8.60. The molecule has 1 aromatic carbocycles. The Bertz CT molecular complexity index is 859. The highest BCUT2D eigenvalue weighted by atomic mass is 32.1. The number of amides is 1. The molecule has 0 saturated carbocycles. The molecule has 2 aromatic rings. The number of thiophene rings is 1. The smallest absolute Gasteiger partial charge is 0.228 e. The lowest BCUT2D eigenvalue weighted by atomic mass is 10.0. The van der Waals surface area contributed by atoms with Gasteiger partial charge in [-0.1, -0.05) is 55.5 Å². The molecule has 5 nitrogen and oxygen atoms in total. The SMILES string of the molecule is CCC(CC)C(=O)Nc1sc(N2CCN(Cc3ccccc3)CC2)c(C)c1C#N. The van der Waals surface area contributed by atoms with E-state index < -0.39 is 0 Å². The largest absolute Gasteiger partial charge is 0.361 e. The number of hydrogen-bond acceptors (Lipinski definition) is 5. The molecule has 1 aromatic heterocycles. The van der Waals surface area contributed by atoms with Crippen molar-refractivity contribution in [2.45, 2.75) is 40.2 Å². The quantitative estimate of drug-likeness (QED) is 0.723. The summed E-state index contributed by atoms with van der Waals surface area (Å²) in [5, 5.41) is 14.5. The van der Waals surface area contributed by atoms with Gasteiger partial charge in [-0.25, -0.2) is 0 Å². The van der Waals surface area contributed by atoms with Crippen molar-refractivity contribution in [1.82, 2.24) is 4.90 Å². The van der Waals surface area contributed by atoms with Gasteiger partial charge >= 0.3 is 0 Å². The predicted molar refractivity (Wildman–Crippen MR) is 120 cm³/mol. The maximum atomic E-state index is 12.5. The molecule has 3 rings (SSSR count). The van der Waals surface area contributed by atoms with Crippen LogP contribution < -0.4 is 10.2 Å². The Kier molecular flexibility index (Phi) is 7.29. The second-order valence-electron chi connectivity index (χ2n) is 7.60. The Morgan fingerprint density at radius 3 is 2.41 bits per heavy atom.